The second-order valence-electron chi connectivity index (χ2n) is 12.4. The van der Waals surface area contributed by atoms with Crippen molar-refractivity contribution in [1.82, 2.24) is 0 Å². The topological polar surface area (TPSA) is 69.7 Å². The van der Waals surface area contributed by atoms with Crippen molar-refractivity contribution < 1.29 is 23.9 Å². The van der Waals surface area contributed by atoms with Gasteiger partial charge in [-0.15, -0.1) is 0 Å². The van der Waals surface area contributed by atoms with Crippen molar-refractivity contribution in [1.29, 1.82) is 0 Å². The van der Waals surface area contributed by atoms with Gasteiger partial charge in [0.1, 0.15) is 17.3 Å². The fraction of sp³-hybridized carbons (Fsp3) is 0.828. The highest BCUT2D eigenvalue weighted by Crippen LogP contribution is 2.54. The molecule has 5 heteroatoms. The van der Waals surface area contributed by atoms with Crippen LogP contribution in [0.5, 0.6) is 0 Å². The number of allylic oxidation sites excluding steroid dienone is 2. The van der Waals surface area contributed by atoms with Gasteiger partial charge in [0.2, 0.25) is 0 Å². The molecule has 5 nitrogen and oxygen atoms in total. The van der Waals surface area contributed by atoms with Crippen LogP contribution in [-0.4, -0.2) is 35.8 Å². The van der Waals surface area contributed by atoms with Crippen LogP contribution < -0.4 is 0 Å². The first-order valence-corrected chi connectivity index (χ1v) is 13.3. The molecule has 192 valence electrons. The summed E-state index contributed by atoms with van der Waals surface area (Å²) in [5.41, 5.74) is 1.50. The SMILES string of the molecule is CC(=O)C[C@@H]1COC(OC(C)(C)[C@@H]2CC[C@@]3(C)CCC=C(C)[C@@H]3C2)[C@H](CC(C)=O)[C@H]1CC(C)=O. The molecule has 3 rings (SSSR count). The molecule has 0 radical (unpaired) electrons. The van der Waals surface area contributed by atoms with Gasteiger partial charge < -0.3 is 23.9 Å². The molecule has 0 spiro atoms. The monoisotopic (exact) mass is 474 g/mol. The van der Waals surface area contributed by atoms with Gasteiger partial charge in [-0.1, -0.05) is 18.6 Å². The molecule has 2 fully saturated rings. The third kappa shape index (κ3) is 6.26. The molecule has 2 aliphatic carbocycles. The molecule has 1 heterocycles. The Balaban J connectivity index is 1.80. The molecule has 3 aliphatic rings. The van der Waals surface area contributed by atoms with Crippen LogP contribution in [0.25, 0.3) is 0 Å². The van der Waals surface area contributed by atoms with E-state index in [-0.39, 0.29) is 35.1 Å². The highest BCUT2D eigenvalue weighted by atomic mass is 16.7. The van der Waals surface area contributed by atoms with Crippen LogP contribution in [0.3, 0.4) is 0 Å². The summed E-state index contributed by atoms with van der Waals surface area (Å²) in [7, 11) is 0. The van der Waals surface area contributed by atoms with Crippen molar-refractivity contribution in [2.45, 2.75) is 112 Å². The molecule has 34 heavy (non-hydrogen) atoms. The minimum absolute atomic E-state index is 0.0564. The zero-order valence-corrected chi connectivity index (χ0v) is 22.4. The number of carbonyl (C=O) groups excluding carboxylic acids is 3. The van der Waals surface area contributed by atoms with Crippen molar-refractivity contribution in [3.05, 3.63) is 11.6 Å². The van der Waals surface area contributed by atoms with Crippen LogP contribution in [0, 0.1) is 35.0 Å². The van der Waals surface area contributed by atoms with Gasteiger partial charge in [0.15, 0.2) is 6.29 Å². The third-order valence-corrected chi connectivity index (χ3v) is 9.14. The first kappa shape index (κ1) is 27.3. The Morgan fingerprint density at radius 2 is 1.65 bits per heavy atom. The number of Topliss-reactive ketones (excluding diaryl/α,β-unsaturated/α-hetero) is 3. The number of fused-ring (bicyclic) bond motifs is 1. The number of rotatable bonds is 9. The van der Waals surface area contributed by atoms with Crippen LogP contribution in [0.1, 0.15) is 99.8 Å². The lowest BCUT2D eigenvalue weighted by Crippen LogP contribution is -2.51. The normalized spacial score (nSPS) is 36.4. The minimum atomic E-state index is -0.539. The number of hydrogen-bond acceptors (Lipinski definition) is 5. The van der Waals surface area contributed by atoms with Crippen LogP contribution in [-0.2, 0) is 23.9 Å². The van der Waals surface area contributed by atoms with Crippen LogP contribution in [0.2, 0.25) is 0 Å². The standard InChI is InChI=1S/C29H46O5/c1-18-9-8-11-29(7)12-10-23(16-26(18)29)28(5,6)34-27-25(15-21(4)32)24(14-20(3)31)22(17-33-27)13-19(2)30/h9,22-27H,8,10-17H2,1-7H3/t22-,23-,24+,25-,26+,27?,29-/m1/s1. The second kappa shape index (κ2) is 10.7. The predicted octanol–water partition coefficient (Wildman–Crippen LogP) is 6.09. The predicted molar refractivity (Wildman–Crippen MR) is 133 cm³/mol. The molecule has 0 aromatic heterocycles. The fourth-order valence-corrected chi connectivity index (χ4v) is 7.15. The summed E-state index contributed by atoms with van der Waals surface area (Å²) in [5, 5.41) is 0. The van der Waals surface area contributed by atoms with Crippen molar-refractivity contribution in [3.63, 3.8) is 0 Å². The van der Waals surface area contributed by atoms with Crippen molar-refractivity contribution >= 4 is 17.3 Å². The maximum atomic E-state index is 12.2. The zero-order chi connectivity index (χ0) is 25.3. The van der Waals surface area contributed by atoms with Crippen LogP contribution >= 0.6 is 0 Å². The van der Waals surface area contributed by atoms with E-state index in [2.05, 4.69) is 33.8 Å². The Kier molecular flexibility index (Phi) is 8.61. The number of ether oxygens (including phenoxy) is 2. The van der Waals surface area contributed by atoms with Gasteiger partial charge in [-0.05, 0) is 103 Å². The summed E-state index contributed by atoms with van der Waals surface area (Å²) in [4.78, 5) is 36.3. The molecular weight excluding hydrogens is 428 g/mol. The lowest BCUT2D eigenvalue weighted by molar-refractivity contribution is -0.276. The molecule has 1 saturated heterocycles. The second-order valence-corrected chi connectivity index (χ2v) is 12.4. The average Bonchev–Trinajstić information content (AvgIpc) is 2.70. The summed E-state index contributed by atoms with van der Waals surface area (Å²) in [5.74, 6) is 0.862. The van der Waals surface area contributed by atoms with Gasteiger partial charge in [-0.3, -0.25) is 0 Å². The maximum absolute atomic E-state index is 12.2. The molecule has 0 aromatic rings. The smallest absolute Gasteiger partial charge is 0.161 e. The molecule has 0 N–H and O–H groups in total. The summed E-state index contributed by atoms with van der Waals surface area (Å²) >= 11 is 0. The minimum Gasteiger partial charge on any atom is -0.352 e. The van der Waals surface area contributed by atoms with Crippen LogP contribution in [0.15, 0.2) is 11.6 Å². The number of hydrogen-bond donors (Lipinski definition) is 0. The van der Waals surface area contributed by atoms with E-state index in [0.29, 0.717) is 43.1 Å². The largest absolute Gasteiger partial charge is 0.352 e. The van der Waals surface area contributed by atoms with Crippen molar-refractivity contribution in [2.24, 2.45) is 35.0 Å². The summed E-state index contributed by atoms with van der Waals surface area (Å²) in [6, 6.07) is 0. The molecule has 7 atom stereocenters. The quantitative estimate of drug-likeness (QED) is 0.378. The molecule has 0 aromatic carbocycles. The van der Waals surface area contributed by atoms with E-state index in [1.165, 1.54) is 24.8 Å². The van der Waals surface area contributed by atoms with Crippen LogP contribution in [0.4, 0.5) is 0 Å². The summed E-state index contributed by atoms with van der Waals surface area (Å²) in [6.07, 6.45) is 8.80. The van der Waals surface area contributed by atoms with E-state index >= 15 is 0 Å². The molecule has 1 saturated carbocycles. The van der Waals surface area contributed by atoms with E-state index in [9.17, 15) is 14.4 Å². The highest BCUT2D eigenvalue weighted by Gasteiger charge is 2.49. The average molecular weight is 475 g/mol. The third-order valence-electron chi connectivity index (χ3n) is 9.14. The van der Waals surface area contributed by atoms with E-state index in [1.54, 1.807) is 20.8 Å². The molecule has 0 bridgehead atoms. The van der Waals surface area contributed by atoms with Crippen molar-refractivity contribution in [3.8, 4) is 0 Å². The first-order valence-electron chi connectivity index (χ1n) is 13.3. The molecule has 1 unspecified atom stereocenters. The Bertz CT molecular complexity index is 811. The Hall–Kier alpha value is -1.33. The Labute approximate surface area is 206 Å². The van der Waals surface area contributed by atoms with E-state index in [1.807, 2.05) is 0 Å². The number of ketones is 3. The van der Waals surface area contributed by atoms with Gasteiger partial charge >= 0.3 is 0 Å². The molecular formula is C29H46O5. The fourth-order valence-electron chi connectivity index (χ4n) is 7.15. The Morgan fingerprint density at radius 3 is 2.26 bits per heavy atom. The number of carbonyl (C=O) groups is 3. The lowest BCUT2D eigenvalue weighted by Gasteiger charge is -2.52. The van der Waals surface area contributed by atoms with E-state index in [4.69, 9.17) is 9.47 Å². The van der Waals surface area contributed by atoms with Gasteiger partial charge in [0.25, 0.3) is 0 Å². The highest BCUT2D eigenvalue weighted by molar-refractivity contribution is 5.78. The van der Waals surface area contributed by atoms with Gasteiger partial charge in [0.05, 0.1) is 12.2 Å². The summed E-state index contributed by atoms with van der Waals surface area (Å²) in [6.45, 7) is 14.2. The lowest BCUT2D eigenvalue weighted by atomic mass is 9.56. The van der Waals surface area contributed by atoms with Gasteiger partial charge in [0, 0.05) is 25.2 Å². The first-order chi connectivity index (χ1) is 15.8. The maximum Gasteiger partial charge on any atom is 0.161 e. The summed E-state index contributed by atoms with van der Waals surface area (Å²) < 4.78 is 13.0. The zero-order valence-electron chi connectivity index (χ0n) is 22.4. The van der Waals surface area contributed by atoms with E-state index < -0.39 is 11.9 Å². The van der Waals surface area contributed by atoms with Gasteiger partial charge in [-0.25, -0.2) is 0 Å². The molecule has 0 amide bonds. The molecule has 1 aliphatic heterocycles. The van der Waals surface area contributed by atoms with Gasteiger partial charge in [-0.2, -0.15) is 0 Å². The van der Waals surface area contributed by atoms with Crippen molar-refractivity contribution in [2.75, 3.05) is 6.61 Å². The van der Waals surface area contributed by atoms with E-state index in [0.717, 1.165) is 12.8 Å². The Morgan fingerprint density at radius 1 is 1.03 bits per heavy atom.